The Morgan fingerprint density at radius 3 is 2.65 bits per heavy atom. The van der Waals surface area contributed by atoms with Crippen LogP contribution in [0.15, 0.2) is 18.2 Å². The van der Waals surface area contributed by atoms with E-state index in [4.69, 9.17) is 14.2 Å². The summed E-state index contributed by atoms with van der Waals surface area (Å²) < 4.78 is 15.5. The van der Waals surface area contributed by atoms with Crippen LogP contribution < -0.4 is 9.47 Å². The van der Waals surface area contributed by atoms with Crippen molar-refractivity contribution in [3.05, 3.63) is 46.3 Å². The lowest BCUT2D eigenvalue weighted by Crippen LogP contribution is -2.31. The lowest BCUT2D eigenvalue weighted by Gasteiger charge is -2.21. The zero-order valence-corrected chi connectivity index (χ0v) is 15.3. The molecule has 138 valence electrons. The Morgan fingerprint density at radius 2 is 1.96 bits per heavy atom. The number of amides is 1. The minimum Gasteiger partial charge on any atom is -0.465 e. The average molecular weight is 358 g/mol. The van der Waals surface area contributed by atoms with Gasteiger partial charge in [0.1, 0.15) is 5.69 Å². The molecule has 0 spiro atoms. The highest BCUT2D eigenvalue weighted by molar-refractivity contribution is 6.00. The third-order valence-electron chi connectivity index (χ3n) is 4.52. The standard InChI is InChI=1S/C19H22N2O5/c1-5-21(9-13-6-7-14-15(8-13)26-10-25-14)18(22)17-11(2)16(12(3)20-17)19(23)24-4/h6-8,20H,5,9-10H2,1-4H3. The highest BCUT2D eigenvalue weighted by Gasteiger charge is 2.25. The Labute approximate surface area is 151 Å². The summed E-state index contributed by atoms with van der Waals surface area (Å²) in [7, 11) is 1.33. The molecule has 26 heavy (non-hydrogen) atoms. The first kappa shape index (κ1) is 17.8. The number of carbonyl (C=O) groups excluding carboxylic acids is 2. The highest BCUT2D eigenvalue weighted by Crippen LogP contribution is 2.33. The number of hydrogen-bond acceptors (Lipinski definition) is 5. The van der Waals surface area contributed by atoms with E-state index in [1.807, 2.05) is 25.1 Å². The fraction of sp³-hybridized carbons (Fsp3) is 0.368. The van der Waals surface area contributed by atoms with E-state index in [0.29, 0.717) is 47.1 Å². The van der Waals surface area contributed by atoms with E-state index < -0.39 is 5.97 Å². The molecule has 7 nitrogen and oxygen atoms in total. The smallest absolute Gasteiger partial charge is 0.339 e. The van der Waals surface area contributed by atoms with Crippen molar-refractivity contribution in [1.82, 2.24) is 9.88 Å². The zero-order valence-electron chi connectivity index (χ0n) is 15.3. The topological polar surface area (TPSA) is 80.9 Å². The lowest BCUT2D eigenvalue weighted by molar-refractivity contribution is 0.0599. The van der Waals surface area contributed by atoms with Crippen molar-refractivity contribution in [3.8, 4) is 11.5 Å². The number of hydrogen-bond donors (Lipinski definition) is 1. The molecule has 0 saturated heterocycles. The molecule has 1 N–H and O–H groups in total. The summed E-state index contributed by atoms with van der Waals surface area (Å²) in [5, 5.41) is 0. The maximum absolute atomic E-state index is 13.0. The van der Waals surface area contributed by atoms with Crippen molar-refractivity contribution in [2.24, 2.45) is 0 Å². The Balaban J connectivity index is 1.84. The van der Waals surface area contributed by atoms with Crippen LogP contribution in [0.4, 0.5) is 0 Å². The number of ether oxygens (including phenoxy) is 3. The van der Waals surface area contributed by atoms with Crippen molar-refractivity contribution in [2.75, 3.05) is 20.4 Å². The number of fused-ring (bicyclic) bond motifs is 1. The van der Waals surface area contributed by atoms with Crippen LogP contribution in [-0.4, -0.2) is 42.2 Å². The number of nitrogens with zero attached hydrogens (tertiary/aromatic N) is 1. The minimum atomic E-state index is -0.450. The van der Waals surface area contributed by atoms with Crippen molar-refractivity contribution in [3.63, 3.8) is 0 Å². The van der Waals surface area contributed by atoms with Crippen molar-refractivity contribution >= 4 is 11.9 Å². The van der Waals surface area contributed by atoms with E-state index in [2.05, 4.69) is 4.98 Å². The molecular formula is C19H22N2O5. The quantitative estimate of drug-likeness (QED) is 0.831. The first-order valence-corrected chi connectivity index (χ1v) is 8.41. The van der Waals surface area contributed by atoms with Crippen molar-refractivity contribution < 1.29 is 23.8 Å². The Morgan fingerprint density at radius 1 is 1.23 bits per heavy atom. The van der Waals surface area contributed by atoms with Crippen LogP contribution in [0.2, 0.25) is 0 Å². The number of nitrogens with one attached hydrogen (secondary N) is 1. The number of methoxy groups -OCH3 is 1. The van der Waals surface area contributed by atoms with E-state index in [1.54, 1.807) is 18.7 Å². The van der Waals surface area contributed by atoms with Crippen LogP contribution in [0.1, 0.15) is 44.6 Å². The van der Waals surface area contributed by atoms with Gasteiger partial charge >= 0.3 is 5.97 Å². The monoisotopic (exact) mass is 358 g/mol. The molecule has 2 aromatic rings. The molecular weight excluding hydrogens is 336 g/mol. The van der Waals surface area contributed by atoms with Gasteiger partial charge in [0.15, 0.2) is 11.5 Å². The fourth-order valence-electron chi connectivity index (χ4n) is 3.12. The Kier molecular flexibility index (Phi) is 4.88. The number of benzene rings is 1. The molecule has 1 aliphatic heterocycles. The van der Waals surface area contributed by atoms with E-state index in [9.17, 15) is 9.59 Å². The maximum atomic E-state index is 13.0. The molecule has 7 heteroatoms. The second-order valence-corrected chi connectivity index (χ2v) is 6.12. The Bertz CT molecular complexity index is 856. The second kappa shape index (κ2) is 7.11. The lowest BCUT2D eigenvalue weighted by atomic mass is 10.1. The van der Waals surface area contributed by atoms with E-state index in [-0.39, 0.29) is 12.7 Å². The molecule has 2 heterocycles. The minimum absolute atomic E-state index is 0.166. The van der Waals surface area contributed by atoms with Gasteiger partial charge in [-0.15, -0.1) is 0 Å². The van der Waals surface area contributed by atoms with Crippen molar-refractivity contribution in [1.29, 1.82) is 0 Å². The average Bonchev–Trinajstić information content (AvgIpc) is 3.22. The summed E-state index contributed by atoms with van der Waals surface area (Å²) in [6.45, 7) is 6.58. The maximum Gasteiger partial charge on any atom is 0.339 e. The molecule has 0 bridgehead atoms. The summed E-state index contributed by atoms with van der Waals surface area (Å²) >= 11 is 0. The summed E-state index contributed by atoms with van der Waals surface area (Å²) in [6.07, 6.45) is 0. The van der Waals surface area contributed by atoms with Crippen LogP contribution in [0.3, 0.4) is 0 Å². The van der Waals surface area contributed by atoms with Crippen LogP contribution >= 0.6 is 0 Å². The molecule has 3 rings (SSSR count). The van der Waals surface area contributed by atoms with Gasteiger partial charge in [0, 0.05) is 18.8 Å². The summed E-state index contributed by atoms with van der Waals surface area (Å²) in [6, 6.07) is 5.64. The molecule has 0 saturated carbocycles. The number of aromatic amines is 1. The number of H-pyrrole nitrogens is 1. The summed E-state index contributed by atoms with van der Waals surface area (Å²) in [4.78, 5) is 29.7. The number of carbonyl (C=O) groups is 2. The largest absolute Gasteiger partial charge is 0.465 e. The first-order valence-electron chi connectivity index (χ1n) is 8.41. The molecule has 1 amide bonds. The Hall–Kier alpha value is -2.96. The fourth-order valence-corrected chi connectivity index (χ4v) is 3.12. The highest BCUT2D eigenvalue weighted by atomic mass is 16.7. The summed E-state index contributed by atoms with van der Waals surface area (Å²) in [5.41, 5.74) is 2.99. The molecule has 0 atom stereocenters. The number of esters is 1. The van der Waals surface area contributed by atoms with Gasteiger partial charge in [-0.2, -0.15) is 0 Å². The predicted molar refractivity (Wildman–Crippen MR) is 94.6 cm³/mol. The van der Waals surface area contributed by atoms with Gasteiger partial charge < -0.3 is 24.1 Å². The second-order valence-electron chi connectivity index (χ2n) is 6.12. The third-order valence-corrected chi connectivity index (χ3v) is 4.52. The van der Waals surface area contributed by atoms with Gasteiger partial charge in [0.2, 0.25) is 6.79 Å². The van der Waals surface area contributed by atoms with Crippen LogP contribution in [-0.2, 0) is 11.3 Å². The van der Waals surface area contributed by atoms with Gasteiger partial charge in [-0.3, -0.25) is 4.79 Å². The molecule has 0 aliphatic carbocycles. The van der Waals surface area contributed by atoms with Crippen LogP contribution in [0.5, 0.6) is 11.5 Å². The van der Waals surface area contributed by atoms with E-state index in [0.717, 1.165) is 5.56 Å². The molecule has 0 unspecified atom stereocenters. The molecule has 1 aromatic heterocycles. The number of rotatable bonds is 5. The number of aryl methyl sites for hydroxylation is 1. The molecule has 1 aromatic carbocycles. The van der Waals surface area contributed by atoms with E-state index >= 15 is 0 Å². The van der Waals surface area contributed by atoms with Gasteiger partial charge in [-0.05, 0) is 44.0 Å². The zero-order chi connectivity index (χ0) is 18.8. The van der Waals surface area contributed by atoms with Gasteiger partial charge in [-0.25, -0.2) is 4.79 Å². The van der Waals surface area contributed by atoms with Crippen molar-refractivity contribution in [2.45, 2.75) is 27.3 Å². The van der Waals surface area contributed by atoms with Crippen LogP contribution in [0, 0.1) is 13.8 Å². The first-order chi connectivity index (χ1) is 12.5. The van der Waals surface area contributed by atoms with Crippen LogP contribution in [0.25, 0.3) is 0 Å². The normalized spacial score (nSPS) is 12.2. The molecule has 0 fully saturated rings. The van der Waals surface area contributed by atoms with Gasteiger partial charge in [0.05, 0.1) is 12.7 Å². The third kappa shape index (κ3) is 3.12. The number of aromatic nitrogens is 1. The predicted octanol–water partition coefficient (Wildman–Crippen LogP) is 2.81. The van der Waals surface area contributed by atoms with E-state index in [1.165, 1.54) is 7.11 Å². The van der Waals surface area contributed by atoms with Gasteiger partial charge in [0.25, 0.3) is 5.91 Å². The SMILES string of the molecule is CCN(Cc1ccc2c(c1)OCO2)C(=O)c1[nH]c(C)c(C(=O)OC)c1C. The molecule has 1 aliphatic rings. The van der Waals surface area contributed by atoms with Gasteiger partial charge in [-0.1, -0.05) is 6.07 Å². The summed E-state index contributed by atoms with van der Waals surface area (Å²) in [5.74, 6) is 0.780. The molecule has 0 radical (unpaired) electrons.